The predicted octanol–water partition coefficient (Wildman–Crippen LogP) is 2.03. The fraction of sp³-hybridized carbons (Fsp3) is 0.467. The number of alkyl carbamates (subject to hydrolysis) is 1. The van der Waals surface area contributed by atoms with Crippen LogP contribution in [0.4, 0.5) is 4.79 Å². The van der Waals surface area contributed by atoms with Crippen molar-refractivity contribution in [1.82, 2.24) is 5.32 Å². The zero-order valence-electron chi connectivity index (χ0n) is 12.7. The van der Waals surface area contributed by atoms with Crippen LogP contribution in [-0.2, 0) is 9.47 Å². The summed E-state index contributed by atoms with van der Waals surface area (Å²) in [6, 6.07) is 6.32. The highest BCUT2D eigenvalue weighted by Gasteiger charge is 2.17. The van der Waals surface area contributed by atoms with Crippen LogP contribution in [0.2, 0.25) is 0 Å². The predicted molar refractivity (Wildman–Crippen MR) is 77.0 cm³/mol. The third-order valence-corrected chi connectivity index (χ3v) is 2.56. The number of hydrogen-bond donors (Lipinski definition) is 2. The average Bonchev–Trinajstić information content (AvgIpc) is 2.42. The van der Waals surface area contributed by atoms with Gasteiger partial charge in [0.25, 0.3) is 0 Å². The van der Waals surface area contributed by atoms with Crippen LogP contribution >= 0.6 is 0 Å². The lowest BCUT2D eigenvalue weighted by Crippen LogP contribution is -2.34. The molecule has 1 aromatic rings. The molecule has 0 bridgehead atoms. The molecule has 116 valence electrons. The Bertz CT molecular complexity index is 490. The summed E-state index contributed by atoms with van der Waals surface area (Å²) >= 11 is 0. The number of hydrogen-bond acceptors (Lipinski definition) is 5. The van der Waals surface area contributed by atoms with Crippen LogP contribution < -0.4 is 5.32 Å². The Morgan fingerprint density at radius 2 is 1.81 bits per heavy atom. The maximum Gasteiger partial charge on any atom is 0.407 e. The largest absolute Gasteiger partial charge is 0.465 e. The van der Waals surface area contributed by atoms with Crippen molar-refractivity contribution in [2.45, 2.75) is 32.5 Å². The summed E-state index contributed by atoms with van der Waals surface area (Å²) in [5.41, 5.74) is 0.393. The zero-order valence-corrected chi connectivity index (χ0v) is 12.7. The molecule has 6 nitrogen and oxygen atoms in total. The molecular weight excluding hydrogens is 274 g/mol. The van der Waals surface area contributed by atoms with Crippen LogP contribution in [0.5, 0.6) is 0 Å². The fourth-order valence-electron chi connectivity index (χ4n) is 1.57. The summed E-state index contributed by atoms with van der Waals surface area (Å²) in [5.74, 6) is -0.442. The molecule has 1 atom stereocenters. The quantitative estimate of drug-likeness (QED) is 0.830. The van der Waals surface area contributed by atoms with Gasteiger partial charge in [-0.25, -0.2) is 9.59 Å². The first-order valence-corrected chi connectivity index (χ1v) is 6.56. The minimum Gasteiger partial charge on any atom is -0.465 e. The lowest BCUT2D eigenvalue weighted by Gasteiger charge is -2.20. The molecule has 1 unspecified atom stereocenters. The van der Waals surface area contributed by atoms with Gasteiger partial charge in [0, 0.05) is 0 Å². The van der Waals surface area contributed by atoms with Gasteiger partial charge in [-0.3, -0.25) is 0 Å². The maximum atomic E-state index is 11.5. The lowest BCUT2D eigenvalue weighted by atomic mass is 10.1. The molecule has 1 rings (SSSR count). The highest BCUT2D eigenvalue weighted by Crippen LogP contribution is 2.14. The minimum absolute atomic E-state index is 0.0203. The number of methoxy groups -OCH3 is 1. The molecule has 0 aromatic heterocycles. The van der Waals surface area contributed by atoms with E-state index in [0.717, 1.165) is 0 Å². The third-order valence-electron chi connectivity index (χ3n) is 2.56. The van der Waals surface area contributed by atoms with Crippen molar-refractivity contribution in [3.05, 3.63) is 35.4 Å². The summed E-state index contributed by atoms with van der Waals surface area (Å²) in [6.45, 7) is 5.30. The molecule has 0 aliphatic heterocycles. The number of rotatable bonds is 4. The Morgan fingerprint density at radius 3 is 2.29 bits per heavy atom. The van der Waals surface area contributed by atoms with E-state index in [1.807, 2.05) is 0 Å². The van der Waals surface area contributed by atoms with E-state index >= 15 is 0 Å². The van der Waals surface area contributed by atoms with Gasteiger partial charge in [-0.1, -0.05) is 12.1 Å². The van der Waals surface area contributed by atoms with Crippen LogP contribution in [-0.4, -0.2) is 36.4 Å². The average molecular weight is 295 g/mol. The number of carbonyl (C=O) groups excluding carboxylic acids is 2. The van der Waals surface area contributed by atoms with Gasteiger partial charge in [-0.15, -0.1) is 0 Å². The number of esters is 1. The van der Waals surface area contributed by atoms with Crippen molar-refractivity contribution in [2.75, 3.05) is 13.7 Å². The van der Waals surface area contributed by atoms with Gasteiger partial charge in [-0.05, 0) is 38.5 Å². The van der Waals surface area contributed by atoms with E-state index in [1.165, 1.54) is 7.11 Å². The van der Waals surface area contributed by atoms with Gasteiger partial charge in [0.2, 0.25) is 0 Å². The van der Waals surface area contributed by atoms with Crippen LogP contribution in [0, 0.1) is 0 Å². The second kappa shape index (κ2) is 7.08. The van der Waals surface area contributed by atoms with Crippen molar-refractivity contribution in [3.8, 4) is 0 Å². The van der Waals surface area contributed by atoms with Gasteiger partial charge in [-0.2, -0.15) is 0 Å². The van der Waals surface area contributed by atoms with E-state index < -0.39 is 23.8 Å². The summed E-state index contributed by atoms with van der Waals surface area (Å²) in [6.07, 6.45) is -1.48. The molecule has 0 aliphatic carbocycles. The molecule has 1 aromatic carbocycles. The van der Waals surface area contributed by atoms with Crippen molar-refractivity contribution >= 4 is 12.1 Å². The number of aliphatic hydroxyl groups is 1. The summed E-state index contributed by atoms with van der Waals surface area (Å²) in [7, 11) is 1.30. The van der Waals surface area contributed by atoms with Gasteiger partial charge in [0.1, 0.15) is 5.60 Å². The Labute approximate surface area is 124 Å². The first-order valence-electron chi connectivity index (χ1n) is 6.56. The van der Waals surface area contributed by atoms with E-state index in [4.69, 9.17) is 4.74 Å². The molecule has 21 heavy (non-hydrogen) atoms. The van der Waals surface area contributed by atoms with Gasteiger partial charge < -0.3 is 19.9 Å². The van der Waals surface area contributed by atoms with Gasteiger partial charge in [0.05, 0.1) is 25.3 Å². The first-order chi connectivity index (χ1) is 9.73. The minimum atomic E-state index is -0.885. The SMILES string of the molecule is COC(=O)c1ccc(C(O)CNC(=O)OC(C)(C)C)cc1. The third kappa shape index (κ3) is 5.83. The van der Waals surface area contributed by atoms with Crippen molar-refractivity contribution in [1.29, 1.82) is 0 Å². The second-order valence-electron chi connectivity index (χ2n) is 5.51. The van der Waals surface area contributed by atoms with E-state index in [9.17, 15) is 14.7 Å². The Kier molecular flexibility index (Phi) is 5.72. The molecule has 0 spiro atoms. The Hall–Kier alpha value is -2.08. The van der Waals surface area contributed by atoms with Crippen molar-refractivity contribution in [2.24, 2.45) is 0 Å². The molecule has 2 N–H and O–H groups in total. The van der Waals surface area contributed by atoms with E-state index in [-0.39, 0.29) is 6.54 Å². The van der Waals surface area contributed by atoms with Crippen LogP contribution in [0.3, 0.4) is 0 Å². The first kappa shape index (κ1) is 17.0. The van der Waals surface area contributed by atoms with E-state index in [0.29, 0.717) is 11.1 Å². The molecule has 0 radical (unpaired) electrons. The highest BCUT2D eigenvalue weighted by atomic mass is 16.6. The molecule has 1 amide bonds. The van der Waals surface area contributed by atoms with Crippen LogP contribution in [0.1, 0.15) is 42.8 Å². The molecule has 6 heteroatoms. The summed E-state index contributed by atoms with van der Waals surface area (Å²) in [5, 5.41) is 12.5. The number of amides is 1. The molecule has 0 saturated carbocycles. The smallest absolute Gasteiger partial charge is 0.407 e. The number of benzene rings is 1. The molecule has 0 aliphatic rings. The van der Waals surface area contributed by atoms with Gasteiger partial charge in [0.15, 0.2) is 0 Å². The van der Waals surface area contributed by atoms with E-state index in [2.05, 4.69) is 10.1 Å². The zero-order chi connectivity index (χ0) is 16.0. The van der Waals surface area contributed by atoms with Crippen molar-refractivity contribution in [3.63, 3.8) is 0 Å². The monoisotopic (exact) mass is 295 g/mol. The number of aliphatic hydroxyl groups excluding tert-OH is 1. The standard InChI is InChI=1S/C15H21NO5/c1-15(2,3)21-14(19)16-9-12(17)10-5-7-11(8-6-10)13(18)20-4/h5-8,12,17H,9H2,1-4H3,(H,16,19). The number of ether oxygens (including phenoxy) is 2. The Morgan fingerprint density at radius 1 is 1.24 bits per heavy atom. The van der Waals surface area contributed by atoms with Crippen LogP contribution in [0.15, 0.2) is 24.3 Å². The number of carbonyl (C=O) groups is 2. The molecule has 0 fully saturated rings. The number of nitrogens with one attached hydrogen (secondary N) is 1. The maximum absolute atomic E-state index is 11.5. The second-order valence-corrected chi connectivity index (χ2v) is 5.51. The molecule has 0 saturated heterocycles. The fourth-order valence-corrected chi connectivity index (χ4v) is 1.57. The van der Waals surface area contributed by atoms with Crippen molar-refractivity contribution < 1.29 is 24.2 Å². The summed E-state index contributed by atoms with van der Waals surface area (Å²) in [4.78, 5) is 22.8. The lowest BCUT2D eigenvalue weighted by molar-refractivity contribution is 0.0491. The van der Waals surface area contributed by atoms with Crippen LogP contribution in [0.25, 0.3) is 0 Å². The van der Waals surface area contributed by atoms with Gasteiger partial charge >= 0.3 is 12.1 Å². The Balaban J connectivity index is 2.54. The molecule has 0 heterocycles. The topological polar surface area (TPSA) is 84.9 Å². The highest BCUT2D eigenvalue weighted by molar-refractivity contribution is 5.89. The van der Waals surface area contributed by atoms with E-state index in [1.54, 1.807) is 45.0 Å². The normalized spacial score (nSPS) is 12.4. The molecular formula is C15H21NO5. The summed E-state index contributed by atoms with van der Waals surface area (Å²) < 4.78 is 9.65.